The van der Waals surface area contributed by atoms with Gasteiger partial charge in [0.05, 0.1) is 25.4 Å². The van der Waals surface area contributed by atoms with Gasteiger partial charge in [0.15, 0.2) is 0 Å². The van der Waals surface area contributed by atoms with E-state index in [2.05, 4.69) is 11.1 Å². The standard InChI is InChI=1S/C21H31N3O5S/c1-14-11-24(15(2)13-25)21(26)18-9-17(16-7-5-6-8-16)10-22-20(18)29-19(14)12-23(3)30(4,27)28/h7,9-10,14-15,19,25H,5-6,8,11-13H2,1-4H3/t14-,15+,19+/m0/s1. The molecule has 1 aliphatic carbocycles. The first-order valence-electron chi connectivity index (χ1n) is 10.3. The molecule has 8 nitrogen and oxygen atoms in total. The van der Waals surface area contributed by atoms with Crippen LogP contribution in [-0.4, -0.2) is 78.8 Å². The van der Waals surface area contributed by atoms with E-state index in [9.17, 15) is 18.3 Å². The molecule has 166 valence electrons. The Kier molecular flexibility index (Phi) is 6.84. The Labute approximate surface area is 178 Å². The molecule has 1 aliphatic heterocycles. The number of fused-ring (bicyclic) bond motifs is 1. The first-order chi connectivity index (χ1) is 14.1. The molecule has 0 unspecified atom stereocenters. The van der Waals surface area contributed by atoms with E-state index in [1.54, 1.807) is 18.0 Å². The summed E-state index contributed by atoms with van der Waals surface area (Å²) in [5.41, 5.74) is 2.42. The van der Waals surface area contributed by atoms with Gasteiger partial charge < -0.3 is 14.7 Å². The average Bonchev–Trinajstić information content (AvgIpc) is 3.23. The van der Waals surface area contributed by atoms with Crippen molar-refractivity contribution in [3.05, 3.63) is 29.5 Å². The Bertz CT molecular complexity index is 931. The SMILES string of the molecule is C[C@H](CO)N1C[C@H](C)[C@@H](CN(C)S(C)(=O)=O)Oc2ncc(C3=CCCC3)cc2C1=O. The highest BCUT2D eigenvalue weighted by atomic mass is 32.2. The number of aliphatic hydroxyl groups is 1. The third-order valence-corrected chi connectivity index (χ3v) is 7.22. The fourth-order valence-corrected chi connectivity index (χ4v) is 4.24. The Morgan fingerprint density at radius 3 is 2.77 bits per heavy atom. The lowest BCUT2D eigenvalue weighted by atomic mass is 9.99. The highest BCUT2D eigenvalue weighted by Crippen LogP contribution is 2.32. The summed E-state index contributed by atoms with van der Waals surface area (Å²) in [6, 6.07) is 1.43. The van der Waals surface area contributed by atoms with Gasteiger partial charge in [0.2, 0.25) is 15.9 Å². The third-order valence-electron chi connectivity index (χ3n) is 5.94. The van der Waals surface area contributed by atoms with Crippen molar-refractivity contribution in [2.75, 3.05) is 33.0 Å². The Morgan fingerprint density at radius 2 is 2.17 bits per heavy atom. The average molecular weight is 438 g/mol. The number of likely N-dealkylation sites (N-methyl/N-ethyl adjacent to an activating group) is 1. The van der Waals surface area contributed by atoms with Crippen molar-refractivity contribution in [2.24, 2.45) is 5.92 Å². The molecule has 2 aliphatic rings. The van der Waals surface area contributed by atoms with E-state index in [0.29, 0.717) is 12.1 Å². The lowest BCUT2D eigenvalue weighted by Crippen LogP contribution is -2.50. The number of allylic oxidation sites excluding steroid dienone is 2. The van der Waals surface area contributed by atoms with Crippen LogP contribution in [0.1, 0.15) is 49.0 Å². The van der Waals surface area contributed by atoms with Gasteiger partial charge in [-0.15, -0.1) is 0 Å². The van der Waals surface area contributed by atoms with Gasteiger partial charge in [-0.05, 0) is 43.4 Å². The van der Waals surface area contributed by atoms with E-state index in [4.69, 9.17) is 4.74 Å². The molecule has 0 bridgehead atoms. The molecule has 1 aromatic heterocycles. The van der Waals surface area contributed by atoms with Crippen LogP contribution in [-0.2, 0) is 10.0 Å². The number of carbonyl (C=O) groups excluding carboxylic acids is 1. The minimum absolute atomic E-state index is 0.142. The molecule has 1 N–H and O–H groups in total. The molecule has 0 saturated heterocycles. The first-order valence-corrected chi connectivity index (χ1v) is 12.2. The monoisotopic (exact) mass is 437 g/mol. The van der Waals surface area contributed by atoms with E-state index in [1.807, 2.05) is 13.0 Å². The zero-order valence-corrected chi connectivity index (χ0v) is 18.9. The quantitative estimate of drug-likeness (QED) is 0.728. The maximum atomic E-state index is 13.4. The van der Waals surface area contributed by atoms with Crippen LogP contribution < -0.4 is 4.74 Å². The summed E-state index contributed by atoms with van der Waals surface area (Å²) in [4.78, 5) is 19.4. The van der Waals surface area contributed by atoms with Crippen molar-refractivity contribution in [3.8, 4) is 5.88 Å². The first kappa shape index (κ1) is 22.7. The summed E-state index contributed by atoms with van der Waals surface area (Å²) < 4.78 is 31.2. The molecular weight excluding hydrogens is 406 g/mol. The molecule has 0 saturated carbocycles. The van der Waals surface area contributed by atoms with Crippen molar-refractivity contribution in [3.63, 3.8) is 0 Å². The van der Waals surface area contributed by atoms with Crippen molar-refractivity contribution in [1.82, 2.24) is 14.2 Å². The number of hydrogen-bond acceptors (Lipinski definition) is 6. The van der Waals surface area contributed by atoms with Crippen LogP contribution in [0.25, 0.3) is 5.57 Å². The molecule has 1 amide bonds. The predicted molar refractivity (Wildman–Crippen MR) is 115 cm³/mol. The molecule has 30 heavy (non-hydrogen) atoms. The van der Waals surface area contributed by atoms with Crippen molar-refractivity contribution in [1.29, 1.82) is 0 Å². The van der Waals surface area contributed by atoms with Crippen LogP contribution in [0.15, 0.2) is 18.3 Å². The van der Waals surface area contributed by atoms with Crippen molar-refractivity contribution in [2.45, 2.75) is 45.3 Å². The fourth-order valence-electron chi connectivity index (χ4n) is 3.82. The summed E-state index contributed by atoms with van der Waals surface area (Å²) >= 11 is 0. The van der Waals surface area contributed by atoms with Crippen molar-refractivity contribution < 1.29 is 23.1 Å². The number of carbonyl (C=O) groups is 1. The number of sulfonamides is 1. The largest absolute Gasteiger partial charge is 0.472 e. The molecule has 0 aromatic carbocycles. The number of pyridine rings is 1. The molecule has 3 rings (SSSR count). The van der Waals surface area contributed by atoms with E-state index in [-0.39, 0.29) is 36.9 Å². The number of ether oxygens (including phenoxy) is 1. The summed E-state index contributed by atoms with van der Waals surface area (Å²) in [5, 5.41) is 9.71. The lowest BCUT2D eigenvalue weighted by Gasteiger charge is -2.37. The highest BCUT2D eigenvalue weighted by molar-refractivity contribution is 7.88. The third kappa shape index (κ3) is 4.84. The smallest absolute Gasteiger partial charge is 0.259 e. The molecule has 0 spiro atoms. The number of rotatable bonds is 6. The van der Waals surface area contributed by atoms with Crippen LogP contribution in [0, 0.1) is 5.92 Å². The minimum atomic E-state index is -3.38. The zero-order chi connectivity index (χ0) is 22.1. The van der Waals surface area contributed by atoms with Crippen molar-refractivity contribution >= 4 is 21.5 Å². The zero-order valence-electron chi connectivity index (χ0n) is 18.0. The Morgan fingerprint density at radius 1 is 1.43 bits per heavy atom. The van der Waals surface area contributed by atoms with Crippen LogP contribution in [0.2, 0.25) is 0 Å². The second kappa shape index (κ2) is 9.03. The summed E-state index contributed by atoms with van der Waals surface area (Å²) in [6.45, 7) is 4.02. The van der Waals surface area contributed by atoms with Crippen LogP contribution in [0.5, 0.6) is 5.88 Å². The lowest BCUT2D eigenvalue weighted by molar-refractivity contribution is 0.0373. The van der Waals surface area contributed by atoms with Crippen LogP contribution >= 0.6 is 0 Å². The number of nitrogens with zero attached hydrogens (tertiary/aromatic N) is 3. The van der Waals surface area contributed by atoms with Gasteiger partial charge in [0.25, 0.3) is 5.91 Å². The van der Waals surface area contributed by atoms with E-state index >= 15 is 0 Å². The minimum Gasteiger partial charge on any atom is -0.472 e. The number of aromatic nitrogens is 1. The molecule has 1 aromatic rings. The molecular formula is C21H31N3O5S. The molecule has 0 fully saturated rings. The summed E-state index contributed by atoms with van der Waals surface area (Å²) in [5.74, 6) is -0.198. The fraction of sp³-hybridized carbons (Fsp3) is 0.619. The van der Waals surface area contributed by atoms with Gasteiger partial charge >= 0.3 is 0 Å². The van der Waals surface area contributed by atoms with E-state index in [1.165, 1.54) is 16.9 Å². The van der Waals surface area contributed by atoms with Gasteiger partial charge in [-0.3, -0.25) is 4.79 Å². The van der Waals surface area contributed by atoms with Gasteiger partial charge in [-0.25, -0.2) is 17.7 Å². The maximum absolute atomic E-state index is 13.4. The Hall–Kier alpha value is -1.97. The molecule has 9 heteroatoms. The second-order valence-corrected chi connectivity index (χ2v) is 10.5. The Balaban J connectivity index is 2.02. The van der Waals surface area contributed by atoms with E-state index < -0.39 is 16.1 Å². The predicted octanol–water partition coefficient (Wildman–Crippen LogP) is 1.76. The summed E-state index contributed by atoms with van der Waals surface area (Å²) in [6.07, 6.45) is 7.59. The number of amides is 1. The van der Waals surface area contributed by atoms with Gasteiger partial charge in [0, 0.05) is 25.7 Å². The summed E-state index contributed by atoms with van der Waals surface area (Å²) in [7, 11) is -1.87. The number of aliphatic hydroxyl groups excluding tert-OH is 1. The number of hydrogen-bond donors (Lipinski definition) is 1. The van der Waals surface area contributed by atoms with Crippen LogP contribution in [0.4, 0.5) is 0 Å². The molecule has 2 heterocycles. The van der Waals surface area contributed by atoms with E-state index in [0.717, 1.165) is 31.1 Å². The molecule has 0 radical (unpaired) electrons. The van der Waals surface area contributed by atoms with Gasteiger partial charge in [0.1, 0.15) is 11.7 Å². The van der Waals surface area contributed by atoms with Crippen LogP contribution in [0.3, 0.4) is 0 Å². The molecule has 3 atom stereocenters. The topological polar surface area (TPSA) is 100 Å². The van der Waals surface area contributed by atoms with Gasteiger partial charge in [-0.1, -0.05) is 13.0 Å². The highest BCUT2D eigenvalue weighted by Gasteiger charge is 2.35. The maximum Gasteiger partial charge on any atom is 0.259 e. The second-order valence-electron chi connectivity index (χ2n) is 8.36. The van der Waals surface area contributed by atoms with Gasteiger partial charge in [-0.2, -0.15) is 0 Å². The normalized spacial score (nSPS) is 23.5.